The normalized spacial score (nSPS) is 13.4. The Bertz CT molecular complexity index is 953. The van der Waals surface area contributed by atoms with Crippen LogP contribution < -0.4 is 11.1 Å². The standard InChI is InChI=1S/C42H72N2O5/c1-3-5-7-9-11-13-15-17-19-21-26-30-36-41(46)49-38(32-27-23-20-18-16-14-12-10-8-6-4-2)33-28-24-22-25-29-35-40(45)44-39(42(47)48)34-31-37-43/h6,8,11-14,18,20,27,32,38-39H,3-5,7,9-10,15-17,19,21-26,28-31,33-37,43H2,1-2H3,(H,44,45)(H,47,48)/b8-6-,13-11-,14-12-,20-18-,32-27-. The fraction of sp³-hybridized carbons (Fsp3) is 0.690. The van der Waals surface area contributed by atoms with E-state index in [2.05, 4.69) is 73.8 Å². The maximum Gasteiger partial charge on any atom is 0.326 e. The Hall–Kier alpha value is -2.93. The Morgan fingerprint density at radius 1 is 0.633 bits per heavy atom. The van der Waals surface area contributed by atoms with Gasteiger partial charge in [-0.05, 0) is 103 Å². The molecule has 0 fully saturated rings. The maximum atomic E-state index is 12.7. The van der Waals surface area contributed by atoms with E-state index in [0.717, 1.165) is 89.9 Å². The van der Waals surface area contributed by atoms with Crippen LogP contribution in [0.1, 0.15) is 168 Å². The Morgan fingerprint density at radius 3 is 1.80 bits per heavy atom. The first-order valence-electron chi connectivity index (χ1n) is 19.6. The molecule has 2 atom stereocenters. The van der Waals surface area contributed by atoms with Crippen LogP contribution in [0.3, 0.4) is 0 Å². The van der Waals surface area contributed by atoms with Gasteiger partial charge in [0.2, 0.25) is 5.91 Å². The largest absolute Gasteiger partial charge is 0.480 e. The molecule has 0 aliphatic rings. The van der Waals surface area contributed by atoms with Gasteiger partial charge in [-0.15, -0.1) is 0 Å². The zero-order valence-electron chi connectivity index (χ0n) is 31.3. The second kappa shape index (κ2) is 36.4. The number of ether oxygens (including phenoxy) is 1. The topological polar surface area (TPSA) is 119 Å². The number of amides is 1. The average Bonchev–Trinajstić information content (AvgIpc) is 3.08. The van der Waals surface area contributed by atoms with Crippen molar-refractivity contribution in [3.8, 4) is 0 Å². The lowest BCUT2D eigenvalue weighted by Crippen LogP contribution is -2.40. The smallest absolute Gasteiger partial charge is 0.326 e. The second-order valence-electron chi connectivity index (χ2n) is 13.0. The second-order valence-corrected chi connectivity index (χ2v) is 13.0. The van der Waals surface area contributed by atoms with Gasteiger partial charge in [0.15, 0.2) is 0 Å². The van der Waals surface area contributed by atoms with Crippen molar-refractivity contribution < 1.29 is 24.2 Å². The summed E-state index contributed by atoms with van der Waals surface area (Å²) in [5.41, 5.74) is 5.47. The number of hydrogen-bond donors (Lipinski definition) is 3. The van der Waals surface area contributed by atoms with Crippen LogP contribution in [-0.4, -0.2) is 41.6 Å². The molecule has 49 heavy (non-hydrogen) atoms. The molecule has 7 nitrogen and oxygen atoms in total. The molecule has 0 heterocycles. The number of aliphatic carboxylic acids is 1. The first kappa shape index (κ1) is 46.1. The SMILES string of the molecule is CC/C=C\C/C=C\C/C=C\C/C=C\C(CCCCCCCC(=O)NC(CCCN)C(=O)O)OC(=O)CCCCCCC/C=C\CCCCC. The number of hydrogen-bond acceptors (Lipinski definition) is 5. The van der Waals surface area contributed by atoms with Crippen molar-refractivity contribution in [1.82, 2.24) is 5.32 Å². The van der Waals surface area contributed by atoms with Crippen molar-refractivity contribution in [2.75, 3.05) is 6.54 Å². The number of esters is 1. The maximum absolute atomic E-state index is 12.7. The van der Waals surface area contributed by atoms with Gasteiger partial charge in [0.1, 0.15) is 12.1 Å². The van der Waals surface area contributed by atoms with Gasteiger partial charge >= 0.3 is 11.9 Å². The van der Waals surface area contributed by atoms with Crippen LogP contribution in [-0.2, 0) is 19.1 Å². The van der Waals surface area contributed by atoms with E-state index in [9.17, 15) is 19.5 Å². The number of nitrogens with one attached hydrogen (secondary N) is 1. The molecule has 0 aliphatic carbocycles. The Labute approximate surface area is 300 Å². The van der Waals surface area contributed by atoms with Crippen LogP contribution in [0.4, 0.5) is 0 Å². The van der Waals surface area contributed by atoms with Gasteiger partial charge in [-0.2, -0.15) is 0 Å². The lowest BCUT2D eigenvalue weighted by Gasteiger charge is -2.15. The molecular weight excluding hydrogens is 612 g/mol. The molecule has 0 spiro atoms. The highest BCUT2D eigenvalue weighted by molar-refractivity contribution is 5.83. The van der Waals surface area contributed by atoms with Crippen LogP contribution in [0.5, 0.6) is 0 Å². The number of carboxylic acid groups (broad SMARTS) is 1. The summed E-state index contributed by atoms with van der Waals surface area (Å²) in [6.45, 7) is 4.78. The van der Waals surface area contributed by atoms with Gasteiger partial charge in [0.25, 0.3) is 0 Å². The summed E-state index contributed by atoms with van der Waals surface area (Å²) >= 11 is 0. The van der Waals surface area contributed by atoms with E-state index >= 15 is 0 Å². The lowest BCUT2D eigenvalue weighted by molar-refractivity contribution is -0.147. The van der Waals surface area contributed by atoms with Gasteiger partial charge in [-0.3, -0.25) is 9.59 Å². The number of carbonyl (C=O) groups excluding carboxylic acids is 2. The van der Waals surface area contributed by atoms with E-state index < -0.39 is 12.0 Å². The lowest BCUT2D eigenvalue weighted by atomic mass is 10.1. The van der Waals surface area contributed by atoms with Gasteiger partial charge in [-0.25, -0.2) is 4.79 Å². The molecule has 0 radical (unpaired) electrons. The van der Waals surface area contributed by atoms with Gasteiger partial charge in [-0.1, -0.05) is 120 Å². The van der Waals surface area contributed by atoms with Crippen LogP contribution in [0.2, 0.25) is 0 Å². The zero-order valence-corrected chi connectivity index (χ0v) is 31.3. The average molecular weight is 685 g/mol. The molecule has 0 rings (SSSR count). The summed E-state index contributed by atoms with van der Waals surface area (Å²) in [4.78, 5) is 36.2. The van der Waals surface area contributed by atoms with Crippen molar-refractivity contribution in [3.63, 3.8) is 0 Å². The number of nitrogens with two attached hydrogens (primary N) is 1. The number of carboxylic acids is 1. The Kier molecular flexibility index (Phi) is 34.2. The monoisotopic (exact) mass is 685 g/mol. The summed E-state index contributed by atoms with van der Waals surface area (Å²) in [7, 11) is 0. The van der Waals surface area contributed by atoms with Crippen LogP contribution in [0, 0.1) is 0 Å². The van der Waals surface area contributed by atoms with Crippen molar-refractivity contribution >= 4 is 17.8 Å². The molecule has 0 aromatic carbocycles. The number of carbonyl (C=O) groups is 3. The molecule has 0 aliphatic heterocycles. The molecule has 280 valence electrons. The zero-order chi connectivity index (χ0) is 36.0. The highest BCUT2D eigenvalue weighted by Crippen LogP contribution is 2.15. The molecule has 2 unspecified atom stereocenters. The molecule has 7 heteroatoms. The van der Waals surface area contributed by atoms with Gasteiger partial charge in [0, 0.05) is 12.8 Å². The predicted octanol–water partition coefficient (Wildman–Crippen LogP) is 10.6. The Morgan fingerprint density at radius 2 is 1.18 bits per heavy atom. The molecule has 0 bridgehead atoms. The number of rotatable bonds is 34. The van der Waals surface area contributed by atoms with E-state index in [0.29, 0.717) is 32.2 Å². The highest BCUT2D eigenvalue weighted by Gasteiger charge is 2.18. The fourth-order valence-corrected chi connectivity index (χ4v) is 5.35. The van der Waals surface area contributed by atoms with Gasteiger partial charge < -0.3 is 20.9 Å². The third kappa shape index (κ3) is 33.3. The first-order chi connectivity index (χ1) is 23.9. The summed E-state index contributed by atoms with van der Waals surface area (Å²) in [5, 5.41) is 11.9. The predicted molar refractivity (Wildman–Crippen MR) is 206 cm³/mol. The summed E-state index contributed by atoms with van der Waals surface area (Å²) < 4.78 is 5.90. The molecule has 0 aromatic rings. The van der Waals surface area contributed by atoms with Crippen molar-refractivity contribution in [3.05, 3.63) is 60.8 Å². The van der Waals surface area contributed by atoms with E-state index in [1.165, 1.54) is 38.5 Å². The minimum atomic E-state index is -1.02. The van der Waals surface area contributed by atoms with Crippen molar-refractivity contribution in [2.24, 2.45) is 5.73 Å². The van der Waals surface area contributed by atoms with Crippen LogP contribution in [0.15, 0.2) is 60.8 Å². The molecule has 1 amide bonds. The van der Waals surface area contributed by atoms with Crippen molar-refractivity contribution in [2.45, 2.75) is 180 Å². The quantitative estimate of drug-likeness (QED) is 0.0353. The summed E-state index contributed by atoms with van der Waals surface area (Å²) in [6.07, 6.45) is 44.2. The fourth-order valence-electron chi connectivity index (χ4n) is 5.35. The van der Waals surface area contributed by atoms with E-state index in [1.807, 2.05) is 6.08 Å². The van der Waals surface area contributed by atoms with E-state index in [1.54, 1.807) is 0 Å². The summed E-state index contributed by atoms with van der Waals surface area (Å²) in [5.74, 6) is -1.35. The van der Waals surface area contributed by atoms with Gasteiger partial charge in [0.05, 0.1) is 0 Å². The van der Waals surface area contributed by atoms with E-state index in [-0.39, 0.29) is 18.0 Å². The van der Waals surface area contributed by atoms with Crippen LogP contribution in [0.25, 0.3) is 0 Å². The third-order valence-electron chi connectivity index (χ3n) is 8.30. The summed E-state index contributed by atoms with van der Waals surface area (Å²) in [6, 6.07) is -0.869. The molecule has 0 aromatic heterocycles. The molecule has 0 saturated heterocycles. The molecule has 0 saturated carbocycles. The minimum Gasteiger partial charge on any atom is -0.480 e. The third-order valence-corrected chi connectivity index (χ3v) is 8.30. The van der Waals surface area contributed by atoms with Crippen LogP contribution >= 0.6 is 0 Å². The number of unbranched alkanes of at least 4 members (excludes halogenated alkanes) is 12. The van der Waals surface area contributed by atoms with Crippen molar-refractivity contribution in [1.29, 1.82) is 0 Å². The van der Waals surface area contributed by atoms with E-state index in [4.69, 9.17) is 10.5 Å². The molecular formula is C42H72N2O5. The molecule has 4 N–H and O–H groups in total. The first-order valence-corrected chi connectivity index (χ1v) is 19.6. The minimum absolute atomic E-state index is 0.111. The Balaban J connectivity index is 4.50. The number of allylic oxidation sites excluding steroid dienone is 9. The highest BCUT2D eigenvalue weighted by atomic mass is 16.5.